The van der Waals surface area contributed by atoms with Crippen LogP contribution in [0.15, 0.2) is 12.2 Å². The molecule has 5 fully saturated rings. The van der Waals surface area contributed by atoms with Gasteiger partial charge in [0, 0.05) is 17.5 Å². The predicted molar refractivity (Wildman–Crippen MR) is 177 cm³/mol. The molecule has 0 bridgehead atoms. The van der Waals surface area contributed by atoms with Crippen molar-refractivity contribution in [3.8, 4) is 0 Å². The van der Waals surface area contributed by atoms with Crippen LogP contribution < -0.4 is 0 Å². The minimum atomic E-state index is -0.197. The van der Waals surface area contributed by atoms with E-state index < -0.39 is 0 Å². The monoisotopic (exact) mass is 584 g/mol. The van der Waals surface area contributed by atoms with Gasteiger partial charge in [0.15, 0.2) is 0 Å². The van der Waals surface area contributed by atoms with E-state index >= 15 is 0 Å². The van der Waals surface area contributed by atoms with E-state index in [0.717, 1.165) is 31.7 Å². The first kappa shape index (κ1) is 33.0. The molecule has 242 valence electrons. The summed E-state index contributed by atoms with van der Waals surface area (Å²) < 4.78 is 0. The van der Waals surface area contributed by atoms with Crippen molar-refractivity contribution >= 4 is 0 Å². The van der Waals surface area contributed by atoms with Crippen LogP contribution >= 0.6 is 0 Å². The Hall–Kier alpha value is -0.380. The van der Waals surface area contributed by atoms with E-state index in [1.165, 1.54) is 63.4 Å². The molecule has 5 saturated carbocycles. The molecular weight excluding hydrogens is 514 g/mol. The molecule has 0 spiro atoms. The molecule has 42 heavy (non-hydrogen) atoms. The highest BCUT2D eigenvalue weighted by Crippen LogP contribution is 2.78. The maximum Gasteiger partial charge on any atom is 0.0599 e. The fourth-order valence-electron chi connectivity index (χ4n) is 13.6. The Morgan fingerprint density at radius 2 is 1.48 bits per heavy atom. The molecule has 11 atom stereocenters. The smallest absolute Gasteiger partial charge is 0.0599 e. The zero-order valence-corrected chi connectivity index (χ0v) is 29.4. The first-order chi connectivity index (χ1) is 19.5. The first-order valence-corrected chi connectivity index (χ1v) is 18.2. The number of aliphatic hydroxyl groups excluding tert-OH is 2. The van der Waals surface area contributed by atoms with Crippen molar-refractivity contribution < 1.29 is 10.2 Å². The van der Waals surface area contributed by atoms with Crippen molar-refractivity contribution in [3.63, 3.8) is 0 Å². The highest BCUT2D eigenvalue weighted by atomic mass is 16.3. The fraction of sp³-hybridized carbons (Fsp3) is 0.949. The van der Waals surface area contributed by atoms with Gasteiger partial charge in [-0.25, -0.2) is 0 Å². The molecule has 0 radical (unpaired) electrons. The molecule has 0 amide bonds. The van der Waals surface area contributed by atoms with Crippen LogP contribution in [0.3, 0.4) is 0 Å². The lowest BCUT2D eigenvalue weighted by molar-refractivity contribution is -0.253. The van der Waals surface area contributed by atoms with E-state index in [4.69, 9.17) is 0 Å². The topological polar surface area (TPSA) is 43.7 Å². The highest BCUT2D eigenvalue weighted by molar-refractivity contribution is 5.22. The van der Waals surface area contributed by atoms with E-state index in [1.54, 1.807) is 0 Å². The number of rotatable bonds is 8. The predicted octanol–water partition coefficient (Wildman–Crippen LogP) is 9.26. The summed E-state index contributed by atoms with van der Waals surface area (Å²) in [6.07, 6.45) is 13.9. The Kier molecular flexibility index (Phi) is 8.76. The summed E-state index contributed by atoms with van der Waals surface area (Å²) in [6, 6.07) is 1.10. The van der Waals surface area contributed by atoms with Crippen molar-refractivity contribution in [2.24, 2.45) is 56.7 Å². The van der Waals surface area contributed by atoms with Crippen molar-refractivity contribution in [2.75, 3.05) is 6.54 Å². The molecule has 0 aromatic heterocycles. The van der Waals surface area contributed by atoms with Crippen molar-refractivity contribution in [2.45, 2.75) is 171 Å². The number of hydrogen-bond donors (Lipinski definition) is 2. The maximum atomic E-state index is 12.2. The van der Waals surface area contributed by atoms with Crippen LogP contribution in [0.2, 0.25) is 0 Å². The van der Waals surface area contributed by atoms with Gasteiger partial charge in [0.2, 0.25) is 0 Å². The van der Waals surface area contributed by atoms with Gasteiger partial charge in [0.25, 0.3) is 0 Å². The van der Waals surface area contributed by atoms with Gasteiger partial charge in [-0.1, -0.05) is 46.8 Å². The molecule has 0 unspecified atom stereocenters. The lowest BCUT2D eigenvalue weighted by Gasteiger charge is -2.73. The third-order valence-electron chi connectivity index (χ3n) is 16.0. The van der Waals surface area contributed by atoms with E-state index in [0.29, 0.717) is 52.0 Å². The molecule has 3 heteroatoms. The Morgan fingerprint density at radius 3 is 2.10 bits per heavy atom. The summed E-state index contributed by atoms with van der Waals surface area (Å²) in [6.45, 7) is 30.0. The van der Waals surface area contributed by atoms with Gasteiger partial charge >= 0.3 is 0 Å². The molecule has 0 saturated heterocycles. The largest absolute Gasteiger partial charge is 0.393 e. The van der Waals surface area contributed by atoms with Gasteiger partial charge in [-0.3, -0.25) is 4.90 Å². The lowest BCUT2D eigenvalue weighted by atomic mass is 9.32. The highest BCUT2D eigenvalue weighted by Gasteiger charge is 2.71. The summed E-state index contributed by atoms with van der Waals surface area (Å²) in [5.41, 5.74) is 2.40. The average Bonchev–Trinajstić information content (AvgIpc) is 3.30. The molecular formula is C39H69NO2. The average molecular weight is 584 g/mol. The van der Waals surface area contributed by atoms with Crippen molar-refractivity contribution in [3.05, 3.63) is 12.2 Å². The molecule has 0 aromatic rings. The molecule has 0 aliphatic heterocycles. The van der Waals surface area contributed by atoms with Crippen LogP contribution in [0.5, 0.6) is 0 Å². The minimum absolute atomic E-state index is 0.00906. The van der Waals surface area contributed by atoms with Crippen LogP contribution in [-0.2, 0) is 0 Å². The standard InChI is InChI=1S/C39H69NO2/c1-25(2)28-16-21-39(33(42)13-12-24-40(26(3)4)27(5)6)23-22-37(10)29(34(28)39)14-15-31-36(9)19-18-32(41)35(7,8)30(36)17-20-38(31,37)11/h26-34,41-42H,1,12-24H2,2-11H3/t28-,29+,30-,31+,32-,33+,34+,36-,37+,38+,39+/m0/s1. The van der Waals surface area contributed by atoms with Crippen LogP contribution in [0.1, 0.15) is 146 Å². The zero-order valence-electron chi connectivity index (χ0n) is 29.4. The molecule has 0 aromatic carbocycles. The third-order valence-corrected chi connectivity index (χ3v) is 16.0. The molecule has 3 nitrogen and oxygen atoms in total. The van der Waals surface area contributed by atoms with Gasteiger partial charge in [-0.15, -0.1) is 0 Å². The number of hydrogen-bond acceptors (Lipinski definition) is 3. The SMILES string of the molecule is C=C(C)[C@@H]1CC[C@]2([C@H](O)CCCN(C(C)C)C(C)C)CC[C@]3(C)[C@H](CC[C@@H]4[C@@]5(C)CC[C@H](O)C(C)(C)[C@@H]5CC[C@]43C)[C@@H]12. The summed E-state index contributed by atoms with van der Waals surface area (Å²) in [5, 5.41) is 23.3. The second-order valence-corrected chi connectivity index (χ2v) is 18.4. The second-order valence-electron chi connectivity index (χ2n) is 18.4. The molecule has 2 N–H and O–H groups in total. The van der Waals surface area contributed by atoms with Gasteiger partial charge in [0.05, 0.1) is 12.2 Å². The quantitative estimate of drug-likeness (QED) is 0.280. The molecule has 5 aliphatic rings. The van der Waals surface area contributed by atoms with Gasteiger partial charge in [0.1, 0.15) is 0 Å². The summed E-state index contributed by atoms with van der Waals surface area (Å²) in [5.74, 6) is 3.15. The van der Waals surface area contributed by atoms with Gasteiger partial charge in [-0.2, -0.15) is 0 Å². The van der Waals surface area contributed by atoms with E-state index in [-0.39, 0.29) is 23.0 Å². The number of aliphatic hydroxyl groups is 2. The Morgan fingerprint density at radius 1 is 0.810 bits per heavy atom. The first-order valence-electron chi connectivity index (χ1n) is 18.2. The van der Waals surface area contributed by atoms with Gasteiger partial charge in [-0.05, 0) is 169 Å². The Bertz CT molecular complexity index is 994. The van der Waals surface area contributed by atoms with E-state index in [2.05, 4.69) is 80.7 Å². The number of allylic oxidation sites excluding steroid dienone is 1. The second kappa shape index (κ2) is 11.2. The van der Waals surface area contributed by atoms with Crippen LogP contribution in [0.25, 0.3) is 0 Å². The lowest BCUT2D eigenvalue weighted by Crippen LogP contribution is -2.67. The van der Waals surface area contributed by atoms with Crippen LogP contribution in [-0.4, -0.2) is 45.9 Å². The molecule has 0 heterocycles. The summed E-state index contributed by atoms with van der Waals surface area (Å²) in [7, 11) is 0. The molecule has 5 aliphatic carbocycles. The Labute approximate surface area is 260 Å². The minimum Gasteiger partial charge on any atom is -0.393 e. The number of nitrogens with zero attached hydrogens (tertiary/aromatic N) is 1. The summed E-state index contributed by atoms with van der Waals surface area (Å²) in [4.78, 5) is 2.59. The van der Waals surface area contributed by atoms with E-state index in [1.807, 2.05) is 0 Å². The summed E-state index contributed by atoms with van der Waals surface area (Å²) >= 11 is 0. The maximum absolute atomic E-state index is 12.2. The zero-order chi connectivity index (χ0) is 31.0. The normalized spacial score (nSPS) is 47.1. The molecule has 5 rings (SSSR count). The van der Waals surface area contributed by atoms with Gasteiger partial charge < -0.3 is 10.2 Å². The van der Waals surface area contributed by atoms with Crippen molar-refractivity contribution in [1.29, 1.82) is 0 Å². The van der Waals surface area contributed by atoms with Crippen LogP contribution in [0.4, 0.5) is 0 Å². The third kappa shape index (κ3) is 4.66. The fourth-order valence-corrected chi connectivity index (χ4v) is 13.6. The van der Waals surface area contributed by atoms with Crippen LogP contribution in [0, 0.1) is 56.7 Å². The van der Waals surface area contributed by atoms with E-state index in [9.17, 15) is 10.2 Å². The Balaban J connectivity index is 1.43. The number of fused-ring (bicyclic) bond motifs is 7. The van der Waals surface area contributed by atoms with Crippen molar-refractivity contribution in [1.82, 2.24) is 4.90 Å².